The maximum atomic E-state index is 12.8. The highest BCUT2D eigenvalue weighted by molar-refractivity contribution is 5.83. The van der Waals surface area contributed by atoms with Crippen LogP contribution < -0.4 is 15.5 Å². The molecule has 3 rings (SSSR count). The number of hydrogen-bond acceptors (Lipinski definition) is 4. The van der Waals surface area contributed by atoms with Gasteiger partial charge in [-0.3, -0.25) is 4.79 Å². The fraction of sp³-hybridized carbons (Fsp3) is 0.647. The van der Waals surface area contributed by atoms with E-state index < -0.39 is 0 Å². The van der Waals surface area contributed by atoms with E-state index in [-0.39, 0.29) is 11.3 Å². The van der Waals surface area contributed by atoms with Gasteiger partial charge in [-0.2, -0.15) is 0 Å². The minimum absolute atomic E-state index is 0.171. The topological polar surface area (TPSA) is 57.3 Å². The average Bonchev–Trinajstić information content (AvgIpc) is 2.98. The van der Waals surface area contributed by atoms with Gasteiger partial charge in [0, 0.05) is 33.4 Å². The normalized spacial score (nSPS) is 27.3. The van der Waals surface area contributed by atoms with E-state index >= 15 is 0 Å². The molecule has 1 aromatic heterocycles. The van der Waals surface area contributed by atoms with Gasteiger partial charge in [-0.25, -0.2) is 4.98 Å². The summed E-state index contributed by atoms with van der Waals surface area (Å²) in [6, 6.07) is 4.02. The molecule has 0 bridgehead atoms. The smallest absolute Gasteiger partial charge is 0.228 e. The molecule has 22 heavy (non-hydrogen) atoms. The van der Waals surface area contributed by atoms with Crippen molar-refractivity contribution in [3.05, 3.63) is 23.9 Å². The zero-order valence-electron chi connectivity index (χ0n) is 13.6. The van der Waals surface area contributed by atoms with Crippen molar-refractivity contribution in [2.24, 2.45) is 11.3 Å². The Kier molecular flexibility index (Phi) is 4.34. The number of hydrogen-bond donors (Lipinski definition) is 2. The van der Waals surface area contributed by atoms with Crippen LogP contribution in [0.25, 0.3) is 0 Å². The zero-order chi connectivity index (χ0) is 15.6. The van der Waals surface area contributed by atoms with Gasteiger partial charge in [0.1, 0.15) is 5.82 Å². The lowest BCUT2D eigenvalue weighted by Crippen LogP contribution is -2.47. The van der Waals surface area contributed by atoms with E-state index in [4.69, 9.17) is 0 Å². The first-order chi connectivity index (χ1) is 10.6. The molecule has 0 radical (unpaired) electrons. The van der Waals surface area contributed by atoms with Crippen LogP contribution in [0.1, 0.15) is 31.2 Å². The summed E-state index contributed by atoms with van der Waals surface area (Å²) in [5.74, 6) is 1.66. The zero-order valence-corrected chi connectivity index (χ0v) is 13.6. The summed E-state index contributed by atoms with van der Waals surface area (Å²) >= 11 is 0. The first kappa shape index (κ1) is 15.3. The summed E-state index contributed by atoms with van der Waals surface area (Å²) < 4.78 is 0. The fourth-order valence-corrected chi connectivity index (χ4v) is 3.83. The molecule has 0 unspecified atom stereocenters. The van der Waals surface area contributed by atoms with E-state index in [1.807, 2.05) is 37.3 Å². The second kappa shape index (κ2) is 6.24. The van der Waals surface area contributed by atoms with Gasteiger partial charge in [0.25, 0.3) is 0 Å². The predicted octanol–water partition coefficient (Wildman–Crippen LogP) is 1.54. The summed E-state index contributed by atoms with van der Waals surface area (Å²) in [6.45, 7) is 2.39. The Balaban J connectivity index is 1.62. The molecule has 2 atom stereocenters. The maximum Gasteiger partial charge on any atom is 0.228 e. The Labute approximate surface area is 132 Å². The molecule has 1 aromatic rings. The Morgan fingerprint density at radius 3 is 3.05 bits per heavy atom. The molecule has 1 saturated carbocycles. The van der Waals surface area contributed by atoms with Crippen LogP contribution in [0.15, 0.2) is 18.3 Å². The number of nitrogens with one attached hydrogen (secondary N) is 2. The lowest BCUT2D eigenvalue weighted by molar-refractivity contribution is -0.134. The lowest BCUT2D eigenvalue weighted by atomic mass is 9.67. The van der Waals surface area contributed by atoms with Crippen molar-refractivity contribution >= 4 is 11.7 Å². The molecular weight excluding hydrogens is 276 g/mol. The summed E-state index contributed by atoms with van der Waals surface area (Å²) in [6.07, 6.45) is 6.48. The van der Waals surface area contributed by atoms with Crippen LogP contribution in [0.3, 0.4) is 0 Å². The van der Waals surface area contributed by atoms with Crippen LogP contribution in [0, 0.1) is 11.3 Å². The van der Waals surface area contributed by atoms with E-state index in [1.54, 1.807) is 0 Å². The molecule has 2 fully saturated rings. The van der Waals surface area contributed by atoms with Gasteiger partial charge in [0.2, 0.25) is 5.91 Å². The molecule has 1 aliphatic carbocycles. The Bertz CT molecular complexity index is 528. The van der Waals surface area contributed by atoms with Gasteiger partial charge in [0.05, 0.1) is 5.41 Å². The highest BCUT2D eigenvalue weighted by Gasteiger charge is 2.49. The maximum absolute atomic E-state index is 12.8. The Morgan fingerprint density at radius 1 is 1.45 bits per heavy atom. The van der Waals surface area contributed by atoms with Gasteiger partial charge < -0.3 is 15.5 Å². The second-order valence-corrected chi connectivity index (χ2v) is 6.83. The number of anilines is 1. The van der Waals surface area contributed by atoms with Crippen molar-refractivity contribution in [2.75, 3.05) is 32.1 Å². The highest BCUT2D eigenvalue weighted by atomic mass is 16.2. The van der Waals surface area contributed by atoms with Gasteiger partial charge in [-0.15, -0.1) is 0 Å². The number of carbonyl (C=O) groups is 1. The molecule has 1 saturated heterocycles. The average molecular weight is 302 g/mol. The van der Waals surface area contributed by atoms with Crippen molar-refractivity contribution in [2.45, 2.75) is 32.2 Å². The van der Waals surface area contributed by atoms with Crippen LogP contribution in [0.4, 0.5) is 5.82 Å². The van der Waals surface area contributed by atoms with Crippen molar-refractivity contribution in [1.82, 2.24) is 15.6 Å². The minimum Gasteiger partial charge on any atom is -0.363 e. The van der Waals surface area contributed by atoms with E-state index in [0.29, 0.717) is 12.5 Å². The third-order valence-electron chi connectivity index (χ3n) is 5.21. The number of fused-ring (bicyclic) bond motifs is 1. The van der Waals surface area contributed by atoms with Crippen LogP contribution in [-0.4, -0.2) is 38.1 Å². The van der Waals surface area contributed by atoms with Crippen LogP contribution >= 0.6 is 0 Å². The molecular formula is C17H26N4O. The molecule has 2 aliphatic rings. The first-order valence-corrected chi connectivity index (χ1v) is 8.23. The van der Waals surface area contributed by atoms with E-state index in [2.05, 4.69) is 15.6 Å². The minimum atomic E-state index is -0.171. The number of nitrogens with zero attached hydrogens (tertiary/aromatic N) is 2. The highest BCUT2D eigenvalue weighted by Crippen LogP contribution is 2.43. The summed E-state index contributed by atoms with van der Waals surface area (Å²) in [7, 11) is 3.94. The number of amides is 1. The molecule has 2 heterocycles. The van der Waals surface area contributed by atoms with E-state index in [0.717, 1.165) is 30.9 Å². The van der Waals surface area contributed by atoms with Gasteiger partial charge in [-0.1, -0.05) is 18.9 Å². The standard InChI is InChI=1S/C17H26N4O/c1-21(2)15-7-6-13(9-19-15)10-20-16(22)17-8-4-3-5-14(17)11-18-12-17/h6-7,9,14,18H,3-5,8,10-12H2,1-2H3,(H,20,22)/t14-,17+/m0/s1. The van der Waals surface area contributed by atoms with E-state index in [1.165, 1.54) is 19.3 Å². The molecule has 1 aliphatic heterocycles. The Morgan fingerprint density at radius 2 is 2.32 bits per heavy atom. The molecule has 0 aromatic carbocycles. The SMILES string of the molecule is CN(C)c1ccc(CNC(=O)[C@@]23CCCC[C@H]2CNC3)cn1. The van der Waals surface area contributed by atoms with Crippen molar-refractivity contribution in [3.8, 4) is 0 Å². The summed E-state index contributed by atoms with van der Waals surface area (Å²) in [4.78, 5) is 19.1. The monoisotopic (exact) mass is 302 g/mol. The third kappa shape index (κ3) is 2.82. The third-order valence-corrected chi connectivity index (χ3v) is 5.21. The largest absolute Gasteiger partial charge is 0.363 e. The van der Waals surface area contributed by atoms with Crippen molar-refractivity contribution in [1.29, 1.82) is 0 Å². The summed E-state index contributed by atoms with van der Waals surface area (Å²) in [5, 5.41) is 6.57. The molecule has 1 amide bonds. The molecule has 120 valence electrons. The quantitative estimate of drug-likeness (QED) is 0.886. The number of carbonyl (C=O) groups excluding carboxylic acids is 1. The molecule has 0 spiro atoms. The van der Waals surface area contributed by atoms with Gasteiger partial charge >= 0.3 is 0 Å². The first-order valence-electron chi connectivity index (χ1n) is 8.23. The van der Waals surface area contributed by atoms with Crippen molar-refractivity contribution in [3.63, 3.8) is 0 Å². The number of rotatable bonds is 4. The van der Waals surface area contributed by atoms with Gasteiger partial charge in [-0.05, 0) is 36.9 Å². The van der Waals surface area contributed by atoms with Crippen LogP contribution in [0.2, 0.25) is 0 Å². The molecule has 2 N–H and O–H groups in total. The van der Waals surface area contributed by atoms with E-state index in [9.17, 15) is 4.79 Å². The molecule has 5 nitrogen and oxygen atoms in total. The van der Waals surface area contributed by atoms with Gasteiger partial charge in [0.15, 0.2) is 0 Å². The second-order valence-electron chi connectivity index (χ2n) is 6.83. The number of pyridine rings is 1. The predicted molar refractivity (Wildman–Crippen MR) is 87.7 cm³/mol. The van der Waals surface area contributed by atoms with Crippen LogP contribution in [-0.2, 0) is 11.3 Å². The molecule has 5 heteroatoms. The van der Waals surface area contributed by atoms with Crippen LogP contribution in [0.5, 0.6) is 0 Å². The number of aromatic nitrogens is 1. The lowest BCUT2D eigenvalue weighted by Gasteiger charge is -2.37. The summed E-state index contributed by atoms with van der Waals surface area (Å²) in [5.41, 5.74) is 0.878. The fourth-order valence-electron chi connectivity index (χ4n) is 3.83. The van der Waals surface area contributed by atoms with Crippen molar-refractivity contribution < 1.29 is 4.79 Å². The Hall–Kier alpha value is -1.62.